The number of carbonyl (C=O) groups excluding carboxylic acids is 1. The summed E-state index contributed by atoms with van der Waals surface area (Å²) in [5, 5.41) is 3.03. The van der Waals surface area contributed by atoms with E-state index in [9.17, 15) is 27.1 Å². The normalized spacial score (nSPS) is 30.3. The molecule has 2 bridgehead atoms. The van der Waals surface area contributed by atoms with E-state index >= 15 is 0 Å². The molecule has 3 fully saturated rings. The standard InChI is InChI=1S/C17H23F3N4O3S/c18-17(19,20)14-12(15(25)24-3-5-28(26,27)6-4-24)9-21-16(23-14)22-13-8-10-1-2-11(13)7-10/h9-11,13,26-27H,1-8H2,(H,21,22,23)/t10-,11+,13+/m0/s1. The molecule has 2 saturated carbocycles. The van der Waals surface area contributed by atoms with Gasteiger partial charge < -0.3 is 10.2 Å². The van der Waals surface area contributed by atoms with Gasteiger partial charge in [0.25, 0.3) is 5.91 Å². The van der Waals surface area contributed by atoms with E-state index in [1.54, 1.807) is 0 Å². The van der Waals surface area contributed by atoms with Crippen LogP contribution in [0.4, 0.5) is 19.1 Å². The van der Waals surface area contributed by atoms with E-state index in [2.05, 4.69) is 15.3 Å². The Hall–Kier alpha value is -1.59. The Bertz CT molecular complexity index is 767. The van der Waals surface area contributed by atoms with Gasteiger partial charge in [-0.1, -0.05) is 6.42 Å². The van der Waals surface area contributed by atoms with Crippen LogP contribution in [-0.2, 0) is 6.18 Å². The van der Waals surface area contributed by atoms with Gasteiger partial charge in [-0.25, -0.2) is 9.97 Å². The molecule has 2 aliphatic carbocycles. The predicted octanol–water partition coefficient (Wildman–Crippen LogP) is 3.30. The molecule has 0 unspecified atom stereocenters. The first kappa shape index (κ1) is 19.7. The number of aromatic nitrogens is 2. The molecule has 7 nitrogen and oxygen atoms in total. The summed E-state index contributed by atoms with van der Waals surface area (Å²) in [4.78, 5) is 21.4. The van der Waals surface area contributed by atoms with Crippen molar-refractivity contribution in [3.05, 3.63) is 17.5 Å². The van der Waals surface area contributed by atoms with Crippen LogP contribution in [0.5, 0.6) is 0 Å². The quantitative estimate of drug-likeness (QED) is 0.694. The van der Waals surface area contributed by atoms with Gasteiger partial charge in [-0.15, -0.1) is 0 Å². The first-order chi connectivity index (χ1) is 13.1. The molecule has 156 valence electrons. The summed E-state index contributed by atoms with van der Waals surface area (Å²) < 4.78 is 60.0. The van der Waals surface area contributed by atoms with Gasteiger partial charge in [-0.05, 0) is 31.1 Å². The highest BCUT2D eigenvalue weighted by Crippen LogP contribution is 2.45. The highest BCUT2D eigenvalue weighted by atomic mass is 32.3. The van der Waals surface area contributed by atoms with Crippen LogP contribution < -0.4 is 5.32 Å². The lowest BCUT2D eigenvalue weighted by Crippen LogP contribution is -2.43. The highest BCUT2D eigenvalue weighted by molar-refractivity contribution is 8.24. The number of alkyl halides is 3. The van der Waals surface area contributed by atoms with Crippen molar-refractivity contribution in [2.24, 2.45) is 11.8 Å². The first-order valence-corrected chi connectivity index (χ1v) is 11.2. The van der Waals surface area contributed by atoms with Gasteiger partial charge >= 0.3 is 6.18 Å². The minimum Gasteiger partial charge on any atom is -0.351 e. The summed E-state index contributed by atoms with van der Waals surface area (Å²) >= 11 is 0. The predicted molar refractivity (Wildman–Crippen MR) is 98.4 cm³/mol. The van der Waals surface area contributed by atoms with E-state index < -0.39 is 33.9 Å². The zero-order valence-electron chi connectivity index (χ0n) is 15.2. The minimum atomic E-state index is -4.79. The molecule has 3 atom stereocenters. The number of carbonyl (C=O) groups is 1. The van der Waals surface area contributed by atoms with Gasteiger partial charge in [0.05, 0.1) is 17.1 Å². The summed E-state index contributed by atoms with van der Waals surface area (Å²) in [5.41, 5.74) is -1.86. The van der Waals surface area contributed by atoms with Crippen LogP contribution in [0.1, 0.15) is 41.7 Å². The van der Waals surface area contributed by atoms with Crippen molar-refractivity contribution in [2.75, 3.05) is 29.9 Å². The lowest BCUT2D eigenvalue weighted by molar-refractivity contribution is -0.141. The average molecular weight is 420 g/mol. The fraction of sp³-hybridized carbons (Fsp3) is 0.706. The maximum atomic E-state index is 13.6. The third-order valence-corrected chi connectivity index (χ3v) is 7.68. The van der Waals surface area contributed by atoms with E-state index in [0.29, 0.717) is 11.8 Å². The van der Waals surface area contributed by atoms with Crippen molar-refractivity contribution in [1.29, 1.82) is 0 Å². The zero-order valence-corrected chi connectivity index (χ0v) is 16.0. The molecule has 2 heterocycles. The fourth-order valence-electron chi connectivity index (χ4n) is 4.51. The van der Waals surface area contributed by atoms with E-state index in [-0.39, 0.29) is 36.6 Å². The van der Waals surface area contributed by atoms with E-state index in [0.717, 1.165) is 25.5 Å². The summed E-state index contributed by atoms with van der Waals surface area (Å²) in [6.45, 7) is -0.0206. The van der Waals surface area contributed by atoms with Crippen LogP contribution in [0.3, 0.4) is 0 Å². The molecule has 0 spiro atoms. The van der Waals surface area contributed by atoms with Crippen LogP contribution >= 0.6 is 10.6 Å². The second kappa shape index (κ2) is 7.03. The van der Waals surface area contributed by atoms with Crippen LogP contribution in [0.2, 0.25) is 0 Å². The zero-order chi connectivity index (χ0) is 20.1. The number of fused-ring (bicyclic) bond motifs is 2. The molecule has 3 N–H and O–H groups in total. The number of nitrogens with zero attached hydrogens (tertiary/aromatic N) is 3. The van der Waals surface area contributed by atoms with Crippen molar-refractivity contribution in [3.63, 3.8) is 0 Å². The van der Waals surface area contributed by atoms with Gasteiger partial charge in [0.2, 0.25) is 5.95 Å². The summed E-state index contributed by atoms with van der Waals surface area (Å²) in [7, 11) is -2.75. The molecule has 0 aromatic carbocycles. The number of rotatable bonds is 3. The molecule has 28 heavy (non-hydrogen) atoms. The molecular formula is C17H23F3N4O3S. The van der Waals surface area contributed by atoms with Gasteiger partial charge in [-0.2, -0.15) is 23.8 Å². The van der Waals surface area contributed by atoms with Gasteiger partial charge in [-0.3, -0.25) is 13.9 Å². The van der Waals surface area contributed by atoms with Gasteiger partial charge in [0, 0.05) is 25.3 Å². The molecule has 4 rings (SSSR count). The molecule has 1 saturated heterocycles. The van der Waals surface area contributed by atoms with Crippen molar-refractivity contribution >= 4 is 22.4 Å². The van der Waals surface area contributed by atoms with Gasteiger partial charge in [0.15, 0.2) is 5.69 Å². The molecule has 3 aliphatic rings. The topological polar surface area (TPSA) is 98.6 Å². The molecule has 11 heteroatoms. The maximum absolute atomic E-state index is 13.6. The summed E-state index contributed by atoms with van der Waals surface area (Å²) in [6.07, 6.45) is 0.382. The van der Waals surface area contributed by atoms with Crippen molar-refractivity contribution in [2.45, 2.75) is 37.9 Å². The number of nitrogens with one attached hydrogen (secondary N) is 1. The Morgan fingerprint density at radius 1 is 1.21 bits per heavy atom. The number of hydrogen-bond acceptors (Lipinski definition) is 6. The number of amides is 1. The van der Waals surface area contributed by atoms with Crippen LogP contribution in [0, 0.1) is 11.8 Å². The highest BCUT2D eigenvalue weighted by Gasteiger charge is 2.42. The van der Waals surface area contributed by atoms with Crippen molar-refractivity contribution in [1.82, 2.24) is 14.9 Å². The smallest absolute Gasteiger partial charge is 0.351 e. The monoisotopic (exact) mass is 420 g/mol. The number of anilines is 1. The first-order valence-electron chi connectivity index (χ1n) is 9.36. The van der Waals surface area contributed by atoms with Crippen molar-refractivity contribution in [3.8, 4) is 0 Å². The third kappa shape index (κ3) is 3.92. The largest absolute Gasteiger partial charge is 0.434 e. The average Bonchev–Trinajstić information content (AvgIpc) is 3.23. The van der Waals surface area contributed by atoms with E-state index in [1.807, 2.05) is 0 Å². The third-order valence-electron chi connectivity index (χ3n) is 6.00. The summed E-state index contributed by atoms with van der Waals surface area (Å²) in [6, 6.07) is 0.0775. The Morgan fingerprint density at radius 3 is 2.50 bits per heavy atom. The maximum Gasteiger partial charge on any atom is 0.434 e. The Balaban J connectivity index is 1.54. The second-order valence-corrected chi connectivity index (χ2v) is 10.3. The van der Waals surface area contributed by atoms with Gasteiger partial charge in [0.1, 0.15) is 0 Å². The molecular weight excluding hydrogens is 397 g/mol. The SMILES string of the molecule is O=C(c1cnc(N[C@@H]2C[C@H]3CC[C@@H]2C3)nc1C(F)(F)F)N1CCS(O)(O)CC1. The van der Waals surface area contributed by atoms with Crippen molar-refractivity contribution < 1.29 is 27.1 Å². The minimum absolute atomic E-state index is 0.0103. The van der Waals surface area contributed by atoms with E-state index in [4.69, 9.17) is 0 Å². The molecule has 0 radical (unpaired) electrons. The second-order valence-electron chi connectivity index (χ2n) is 7.88. The van der Waals surface area contributed by atoms with Crippen LogP contribution in [0.15, 0.2) is 6.20 Å². The Morgan fingerprint density at radius 2 is 1.93 bits per heavy atom. The fourth-order valence-corrected chi connectivity index (χ4v) is 5.74. The van der Waals surface area contributed by atoms with Crippen LogP contribution in [0.25, 0.3) is 0 Å². The summed E-state index contributed by atoms with van der Waals surface area (Å²) in [5.74, 6) is 0.0486. The number of hydrogen-bond donors (Lipinski definition) is 3. The molecule has 1 aliphatic heterocycles. The number of halogens is 3. The van der Waals surface area contributed by atoms with Crippen LogP contribution in [-0.4, -0.2) is 60.5 Å². The molecule has 1 aromatic heterocycles. The van der Waals surface area contributed by atoms with E-state index in [1.165, 1.54) is 11.3 Å². The lowest BCUT2D eigenvalue weighted by atomic mass is 9.95. The lowest BCUT2D eigenvalue weighted by Gasteiger charge is -2.41. The molecule has 1 aromatic rings. The Kier molecular flexibility index (Phi) is 4.95. The Labute approximate surface area is 162 Å². The molecule has 1 amide bonds.